The van der Waals surface area contributed by atoms with Gasteiger partial charge in [-0.15, -0.1) is 13.2 Å². The molecule has 0 bridgehead atoms. The molecule has 2 nitrogen and oxygen atoms in total. The minimum absolute atomic E-state index is 0.140. The van der Waals surface area contributed by atoms with E-state index in [-0.39, 0.29) is 11.1 Å². The van der Waals surface area contributed by atoms with Crippen LogP contribution in [0.5, 0.6) is 11.5 Å². The standard InChI is InChI=1S/C25H26F6O2/c1-7-21(3,4)17-13-15(9-11-19(17)32)23(24(26,27)28,25(29,30)31)16-10-12-20(33)18(14-16)22(5,6)8-2/h7-14,32-33H,1-2H2,3-6H3. The van der Waals surface area contributed by atoms with E-state index in [2.05, 4.69) is 13.2 Å². The van der Waals surface area contributed by atoms with Crippen molar-refractivity contribution in [2.45, 2.75) is 56.3 Å². The first-order valence-electron chi connectivity index (χ1n) is 9.95. The van der Waals surface area contributed by atoms with Crippen molar-refractivity contribution in [1.82, 2.24) is 0 Å². The molecule has 0 heterocycles. The normalized spacial score (nSPS) is 13.6. The summed E-state index contributed by atoms with van der Waals surface area (Å²) in [6.07, 6.45) is -8.99. The monoisotopic (exact) mass is 472 g/mol. The van der Waals surface area contributed by atoms with Gasteiger partial charge in [-0.3, -0.25) is 0 Å². The van der Waals surface area contributed by atoms with Crippen LogP contribution in [0.1, 0.15) is 49.9 Å². The summed E-state index contributed by atoms with van der Waals surface area (Å²) in [6.45, 7) is 13.2. The average Bonchev–Trinajstić information content (AvgIpc) is 2.68. The quantitative estimate of drug-likeness (QED) is 0.339. The smallest absolute Gasteiger partial charge is 0.411 e. The zero-order chi connectivity index (χ0) is 25.6. The van der Waals surface area contributed by atoms with Crippen molar-refractivity contribution in [2.75, 3.05) is 0 Å². The molecule has 0 fully saturated rings. The van der Waals surface area contributed by atoms with E-state index in [0.29, 0.717) is 24.3 Å². The molecular formula is C25H26F6O2. The Morgan fingerprint density at radius 3 is 1.18 bits per heavy atom. The summed E-state index contributed by atoms with van der Waals surface area (Å²) in [7, 11) is 0. The van der Waals surface area contributed by atoms with Gasteiger partial charge in [0, 0.05) is 22.0 Å². The fourth-order valence-electron chi connectivity index (χ4n) is 3.77. The molecular weight excluding hydrogens is 446 g/mol. The first kappa shape index (κ1) is 26.4. The van der Waals surface area contributed by atoms with E-state index in [4.69, 9.17) is 0 Å². The van der Waals surface area contributed by atoms with Crippen molar-refractivity contribution in [3.63, 3.8) is 0 Å². The number of halogens is 6. The van der Waals surface area contributed by atoms with Crippen molar-refractivity contribution in [3.05, 3.63) is 84.0 Å². The van der Waals surface area contributed by atoms with Crippen LogP contribution in [-0.2, 0) is 16.2 Å². The third-order valence-electron chi connectivity index (χ3n) is 6.12. The molecule has 0 aromatic heterocycles. The van der Waals surface area contributed by atoms with E-state index >= 15 is 0 Å². The lowest BCUT2D eigenvalue weighted by Gasteiger charge is -2.39. The average molecular weight is 472 g/mol. The van der Waals surface area contributed by atoms with Crippen molar-refractivity contribution in [1.29, 1.82) is 0 Å². The molecule has 0 spiro atoms. The van der Waals surface area contributed by atoms with Crippen molar-refractivity contribution in [3.8, 4) is 11.5 Å². The van der Waals surface area contributed by atoms with Crippen LogP contribution in [-0.4, -0.2) is 22.6 Å². The predicted octanol–water partition coefficient (Wildman–Crippen LogP) is 7.44. The summed E-state index contributed by atoms with van der Waals surface area (Å²) in [4.78, 5) is 0. The molecule has 0 aliphatic carbocycles. The van der Waals surface area contributed by atoms with Gasteiger partial charge < -0.3 is 10.2 Å². The molecule has 0 radical (unpaired) electrons. The van der Waals surface area contributed by atoms with Crippen LogP contribution in [0, 0.1) is 0 Å². The Bertz CT molecular complexity index is 976. The maximum atomic E-state index is 14.6. The van der Waals surface area contributed by atoms with Crippen molar-refractivity contribution in [2.24, 2.45) is 0 Å². The summed E-state index contributed by atoms with van der Waals surface area (Å²) in [5.41, 5.74) is -9.17. The van der Waals surface area contributed by atoms with Crippen LogP contribution >= 0.6 is 0 Å². The van der Waals surface area contributed by atoms with Crippen LogP contribution < -0.4 is 0 Å². The number of allylic oxidation sites excluding steroid dienone is 2. The topological polar surface area (TPSA) is 40.5 Å². The summed E-state index contributed by atoms with van der Waals surface area (Å²) in [6, 6.07) is 4.29. The Balaban J connectivity index is 3.09. The minimum Gasteiger partial charge on any atom is -0.508 e. The molecule has 2 aromatic rings. The second-order valence-electron chi connectivity index (χ2n) is 9.06. The molecule has 2 rings (SSSR count). The van der Waals surface area contributed by atoms with Gasteiger partial charge >= 0.3 is 12.4 Å². The Kier molecular flexibility index (Phi) is 6.51. The molecule has 0 saturated carbocycles. The van der Waals surface area contributed by atoms with E-state index in [1.165, 1.54) is 39.8 Å². The molecule has 0 atom stereocenters. The van der Waals surface area contributed by atoms with E-state index in [9.17, 15) is 36.6 Å². The van der Waals surface area contributed by atoms with E-state index in [1.807, 2.05) is 0 Å². The number of hydrogen-bond donors (Lipinski definition) is 2. The van der Waals surface area contributed by atoms with Gasteiger partial charge in [0.05, 0.1) is 0 Å². The highest BCUT2D eigenvalue weighted by Crippen LogP contribution is 2.57. The summed E-state index contributed by atoms with van der Waals surface area (Å²) in [5, 5.41) is 20.4. The fourth-order valence-corrected chi connectivity index (χ4v) is 3.77. The number of phenols is 2. The number of hydrogen-bond acceptors (Lipinski definition) is 2. The molecule has 180 valence electrons. The Morgan fingerprint density at radius 1 is 0.636 bits per heavy atom. The molecule has 8 heteroatoms. The third-order valence-corrected chi connectivity index (χ3v) is 6.12. The molecule has 2 aromatic carbocycles. The number of rotatable bonds is 6. The fraction of sp³-hybridized carbons (Fsp3) is 0.360. The van der Waals surface area contributed by atoms with Crippen LogP contribution in [0.3, 0.4) is 0 Å². The van der Waals surface area contributed by atoms with Gasteiger partial charge in [-0.05, 0) is 35.4 Å². The van der Waals surface area contributed by atoms with Gasteiger partial charge in [-0.2, -0.15) is 26.3 Å². The van der Waals surface area contributed by atoms with E-state index in [1.54, 1.807) is 0 Å². The van der Waals surface area contributed by atoms with Gasteiger partial charge in [0.2, 0.25) is 5.41 Å². The molecule has 0 aliphatic rings. The highest BCUT2D eigenvalue weighted by atomic mass is 19.4. The zero-order valence-electron chi connectivity index (χ0n) is 18.7. The highest BCUT2D eigenvalue weighted by Gasteiger charge is 2.72. The SMILES string of the molecule is C=CC(C)(C)c1cc(C(c2ccc(O)c(C(C)(C)C=C)c2)(C(F)(F)F)C(F)(F)F)ccc1O. The van der Waals surface area contributed by atoms with Gasteiger partial charge in [-0.1, -0.05) is 52.0 Å². The Morgan fingerprint density at radius 2 is 0.939 bits per heavy atom. The van der Waals surface area contributed by atoms with Crippen LogP contribution in [0.15, 0.2) is 61.7 Å². The predicted molar refractivity (Wildman–Crippen MR) is 116 cm³/mol. The van der Waals surface area contributed by atoms with Crippen LogP contribution in [0.2, 0.25) is 0 Å². The van der Waals surface area contributed by atoms with Crippen molar-refractivity contribution < 1.29 is 36.6 Å². The largest absolute Gasteiger partial charge is 0.508 e. The van der Waals surface area contributed by atoms with Crippen LogP contribution in [0.25, 0.3) is 0 Å². The molecule has 0 saturated heterocycles. The van der Waals surface area contributed by atoms with E-state index < -0.39 is 51.2 Å². The highest BCUT2D eigenvalue weighted by molar-refractivity contribution is 5.54. The maximum Gasteiger partial charge on any atom is 0.411 e. The lowest BCUT2D eigenvalue weighted by Crippen LogP contribution is -2.55. The zero-order valence-corrected chi connectivity index (χ0v) is 18.7. The third kappa shape index (κ3) is 4.23. The lowest BCUT2D eigenvalue weighted by molar-refractivity contribution is -0.288. The van der Waals surface area contributed by atoms with Crippen molar-refractivity contribution >= 4 is 0 Å². The number of alkyl halides is 6. The maximum absolute atomic E-state index is 14.6. The van der Waals surface area contributed by atoms with Gasteiger partial charge in [0.1, 0.15) is 11.5 Å². The lowest BCUT2D eigenvalue weighted by atomic mass is 9.69. The summed E-state index contributed by atoms with van der Waals surface area (Å²) < 4.78 is 87.5. The number of aromatic hydroxyl groups is 2. The minimum atomic E-state index is -5.82. The number of benzene rings is 2. The number of phenolic OH excluding ortho intramolecular Hbond substituents is 2. The summed E-state index contributed by atoms with van der Waals surface area (Å²) in [5.74, 6) is -0.915. The van der Waals surface area contributed by atoms with Crippen LogP contribution in [0.4, 0.5) is 26.3 Å². The van der Waals surface area contributed by atoms with E-state index in [0.717, 1.165) is 12.1 Å². The molecule has 2 N–H and O–H groups in total. The molecule has 0 amide bonds. The molecule has 33 heavy (non-hydrogen) atoms. The second kappa shape index (κ2) is 8.15. The van der Waals surface area contributed by atoms with Gasteiger partial charge in [0.15, 0.2) is 0 Å². The van der Waals surface area contributed by atoms with Gasteiger partial charge in [-0.25, -0.2) is 0 Å². The summed E-state index contributed by atoms with van der Waals surface area (Å²) >= 11 is 0. The van der Waals surface area contributed by atoms with Gasteiger partial charge in [0.25, 0.3) is 0 Å². The first-order chi connectivity index (χ1) is 14.9. The second-order valence-corrected chi connectivity index (χ2v) is 9.06. The Labute approximate surface area is 188 Å². The Hall–Kier alpha value is -2.90. The molecule has 0 unspecified atom stereocenters. The first-order valence-corrected chi connectivity index (χ1v) is 9.95. The molecule has 0 aliphatic heterocycles.